The van der Waals surface area contributed by atoms with E-state index in [1.165, 1.54) is 18.2 Å². The first-order valence-electron chi connectivity index (χ1n) is 7.05. The number of benzene rings is 1. The molecule has 3 atom stereocenters. The number of aromatic hydroxyl groups is 2. The van der Waals surface area contributed by atoms with Crippen LogP contribution >= 0.6 is 0 Å². The third-order valence-electron chi connectivity index (χ3n) is 3.61. The van der Waals surface area contributed by atoms with Gasteiger partial charge in [-0.15, -0.1) is 0 Å². The number of amides is 1. The van der Waals surface area contributed by atoms with Gasteiger partial charge in [0.1, 0.15) is 6.04 Å². The molecule has 22 heavy (non-hydrogen) atoms. The van der Waals surface area contributed by atoms with E-state index in [-0.39, 0.29) is 23.8 Å². The summed E-state index contributed by atoms with van der Waals surface area (Å²) in [5.74, 6) is -2.44. The second-order valence-corrected chi connectivity index (χ2v) is 5.34. The minimum Gasteiger partial charge on any atom is -0.504 e. The average Bonchev–Trinajstić information content (AvgIpc) is 2.47. The van der Waals surface area contributed by atoms with Crippen LogP contribution in [0.4, 0.5) is 0 Å². The number of phenols is 2. The number of phenolic OH excluding ortho intramolecular Hbond substituents is 2. The first-order chi connectivity index (χ1) is 10.3. The van der Waals surface area contributed by atoms with E-state index in [0.717, 1.165) is 0 Å². The summed E-state index contributed by atoms with van der Waals surface area (Å²) in [4.78, 5) is 23.2. The van der Waals surface area contributed by atoms with Crippen molar-refractivity contribution in [3.05, 3.63) is 23.8 Å². The Morgan fingerprint density at radius 2 is 1.91 bits per heavy atom. The molecule has 0 unspecified atom stereocenters. The van der Waals surface area contributed by atoms with Gasteiger partial charge in [-0.05, 0) is 30.0 Å². The van der Waals surface area contributed by atoms with Gasteiger partial charge >= 0.3 is 5.97 Å². The first-order valence-corrected chi connectivity index (χ1v) is 7.05. The van der Waals surface area contributed by atoms with Crippen molar-refractivity contribution in [3.63, 3.8) is 0 Å². The monoisotopic (exact) mass is 310 g/mol. The summed E-state index contributed by atoms with van der Waals surface area (Å²) in [5.41, 5.74) is 6.34. The van der Waals surface area contributed by atoms with Crippen LogP contribution < -0.4 is 11.1 Å². The van der Waals surface area contributed by atoms with Gasteiger partial charge in [-0.1, -0.05) is 26.3 Å². The number of nitrogens with two attached hydrogens (primary N) is 1. The number of aliphatic carboxylic acids is 1. The molecule has 1 aromatic rings. The molecule has 7 nitrogen and oxygen atoms in total. The van der Waals surface area contributed by atoms with Gasteiger partial charge in [0, 0.05) is 0 Å². The highest BCUT2D eigenvalue weighted by molar-refractivity contribution is 5.87. The summed E-state index contributed by atoms with van der Waals surface area (Å²) in [6.07, 6.45) is 0.727. The topological polar surface area (TPSA) is 133 Å². The van der Waals surface area contributed by atoms with E-state index in [0.29, 0.717) is 12.0 Å². The van der Waals surface area contributed by atoms with Gasteiger partial charge in [-0.3, -0.25) is 4.79 Å². The predicted octanol–water partition coefficient (Wildman–Crippen LogP) is 0.583. The summed E-state index contributed by atoms with van der Waals surface area (Å²) in [6.45, 7) is 3.58. The zero-order chi connectivity index (χ0) is 16.9. The standard InChI is InChI=1S/C15H22N2O5/c1-3-8(2)13(15(21)22)17-14(20)10(16)6-9-4-5-11(18)12(19)7-9/h4-5,7-8,10,13,18-19H,3,6,16H2,1-2H3,(H,17,20)(H,21,22)/t8-,10-,13-/m0/s1. The van der Waals surface area contributed by atoms with Crippen LogP contribution in [0, 0.1) is 5.92 Å². The number of carboxylic acid groups (broad SMARTS) is 1. The van der Waals surface area contributed by atoms with Gasteiger partial charge in [0.25, 0.3) is 0 Å². The fourth-order valence-corrected chi connectivity index (χ4v) is 1.99. The van der Waals surface area contributed by atoms with Crippen LogP contribution in [0.3, 0.4) is 0 Å². The van der Waals surface area contributed by atoms with E-state index in [1.54, 1.807) is 6.92 Å². The van der Waals surface area contributed by atoms with Crippen LogP contribution in [-0.4, -0.2) is 39.3 Å². The molecule has 0 aliphatic heterocycles. The summed E-state index contributed by atoms with van der Waals surface area (Å²) in [6, 6.07) is 2.21. The van der Waals surface area contributed by atoms with Crippen molar-refractivity contribution in [2.24, 2.45) is 11.7 Å². The molecule has 0 spiro atoms. The fourth-order valence-electron chi connectivity index (χ4n) is 1.99. The van der Waals surface area contributed by atoms with Crippen molar-refractivity contribution in [1.29, 1.82) is 0 Å². The molecule has 0 fully saturated rings. The predicted molar refractivity (Wildman–Crippen MR) is 80.5 cm³/mol. The molecular formula is C15H22N2O5. The minimum atomic E-state index is -1.10. The second-order valence-electron chi connectivity index (χ2n) is 5.34. The summed E-state index contributed by atoms with van der Waals surface area (Å²) in [5, 5.41) is 30.2. The highest BCUT2D eigenvalue weighted by atomic mass is 16.4. The Kier molecular flexibility index (Phi) is 6.18. The number of carbonyl (C=O) groups excluding carboxylic acids is 1. The Bertz CT molecular complexity index is 547. The van der Waals surface area contributed by atoms with Crippen molar-refractivity contribution in [3.8, 4) is 11.5 Å². The van der Waals surface area contributed by atoms with E-state index < -0.39 is 24.0 Å². The SMILES string of the molecule is CC[C@H](C)[C@H](NC(=O)[C@@H](N)Cc1ccc(O)c(O)c1)C(=O)O. The molecule has 7 heteroatoms. The van der Waals surface area contributed by atoms with Gasteiger partial charge in [-0.2, -0.15) is 0 Å². The maximum absolute atomic E-state index is 12.0. The van der Waals surface area contributed by atoms with Gasteiger partial charge in [-0.25, -0.2) is 4.79 Å². The number of hydrogen-bond acceptors (Lipinski definition) is 5. The van der Waals surface area contributed by atoms with Crippen LogP contribution in [0.2, 0.25) is 0 Å². The molecule has 1 rings (SSSR count). The molecule has 0 aromatic heterocycles. The molecule has 0 bridgehead atoms. The number of hydrogen-bond donors (Lipinski definition) is 5. The van der Waals surface area contributed by atoms with E-state index >= 15 is 0 Å². The Balaban J connectivity index is 2.71. The van der Waals surface area contributed by atoms with Crippen molar-refractivity contribution >= 4 is 11.9 Å². The molecule has 0 saturated heterocycles. The van der Waals surface area contributed by atoms with Crippen molar-refractivity contribution < 1.29 is 24.9 Å². The van der Waals surface area contributed by atoms with Gasteiger partial charge in [0.2, 0.25) is 5.91 Å². The summed E-state index contributed by atoms with van der Waals surface area (Å²) >= 11 is 0. The second kappa shape index (κ2) is 7.65. The molecule has 0 saturated carbocycles. The quantitative estimate of drug-likeness (QED) is 0.468. The lowest BCUT2D eigenvalue weighted by atomic mass is 9.98. The van der Waals surface area contributed by atoms with E-state index in [9.17, 15) is 19.8 Å². The first kappa shape index (κ1) is 17.8. The highest BCUT2D eigenvalue weighted by Gasteiger charge is 2.27. The van der Waals surface area contributed by atoms with Gasteiger partial charge in [0.15, 0.2) is 11.5 Å². The third-order valence-corrected chi connectivity index (χ3v) is 3.61. The molecule has 0 aliphatic rings. The molecule has 0 heterocycles. The Morgan fingerprint density at radius 1 is 1.27 bits per heavy atom. The Labute approximate surface area is 128 Å². The molecule has 1 aromatic carbocycles. The summed E-state index contributed by atoms with van der Waals surface area (Å²) in [7, 11) is 0. The Morgan fingerprint density at radius 3 is 2.41 bits per heavy atom. The Hall–Kier alpha value is -2.28. The number of carboxylic acids is 1. The number of nitrogens with one attached hydrogen (secondary N) is 1. The van der Waals surface area contributed by atoms with Crippen molar-refractivity contribution in [1.82, 2.24) is 5.32 Å². The molecule has 6 N–H and O–H groups in total. The lowest BCUT2D eigenvalue weighted by Gasteiger charge is -2.22. The maximum atomic E-state index is 12.0. The molecule has 1 amide bonds. The normalized spacial score (nSPS) is 14.9. The van der Waals surface area contributed by atoms with Gasteiger partial charge < -0.3 is 26.4 Å². The van der Waals surface area contributed by atoms with Gasteiger partial charge in [0.05, 0.1) is 6.04 Å². The lowest BCUT2D eigenvalue weighted by molar-refractivity contribution is -0.143. The van der Waals surface area contributed by atoms with E-state index in [2.05, 4.69) is 5.32 Å². The fraction of sp³-hybridized carbons (Fsp3) is 0.467. The zero-order valence-corrected chi connectivity index (χ0v) is 12.6. The minimum absolute atomic E-state index is 0.118. The average molecular weight is 310 g/mol. The van der Waals surface area contributed by atoms with Crippen LogP contribution in [-0.2, 0) is 16.0 Å². The maximum Gasteiger partial charge on any atom is 0.326 e. The molecule has 0 radical (unpaired) electrons. The zero-order valence-electron chi connectivity index (χ0n) is 12.6. The van der Waals surface area contributed by atoms with Crippen LogP contribution in [0.5, 0.6) is 11.5 Å². The highest BCUT2D eigenvalue weighted by Crippen LogP contribution is 2.25. The van der Waals surface area contributed by atoms with Crippen LogP contribution in [0.1, 0.15) is 25.8 Å². The summed E-state index contributed by atoms with van der Waals surface area (Å²) < 4.78 is 0. The van der Waals surface area contributed by atoms with E-state index in [4.69, 9.17) is 10.8 Å². The van der Waals surface area contributed by atoms with Crippen molar-refractivity contribution in [2.45, 2.75) is 38.8 Å². The van der Waals surface area contributed by atoms with E-state index in [1.807, 2.05) is 6.92 Å². The number of carbonyl (C=O) groups is 2. The molecule has 122 valence electrons. The van der Waals surface area contributed by atoms with Crippen LogP contribution in [0.15, 0.2) is 18.2 Å². The lowest BCUT2D eigenvalue weighted by Crippen LogP contribution is -2.51. The molecule has 0 aliphatic carbocycles. The molecular weight excluding hydrogens is 288 g/mol. The smallest absolute Gasteiger partial charge is 0.326 e. The van der Waals surface area contributed by atoms with Crippen molar-refractivity contribution in [2.75, 3.05) is 0 Å². The largest absolute Gasteiger partial charge is 0.504 e. The number of rotatable bonds is 7. The van der Waals surface area contributed by atoms with Crippen LogP contribution in [0.25, 0.3) is 0 Å². The third kappa shape index (κ3) is 4.63.